The summed E-state index contributed by atoms with van der Waals surface area (Å²) in [7, 11) is 0. The van der Waals surface area contributed by atoms with Gasteiger partial charge in [0.25, 0.3) is 11.6 Å². The average Bonchev–Trinajstić information content (AvgIpc) is 2.71. The van der Waals surface area contributed by atoms with Crippen LogP contribution in [0, 0.1) is 21.4 Å². The molecule has 29 heavy (non-hydrogen) atoms. The number of ether oxygens (including phenoxy) is 1. The molecule has 0 atom stereocenters. The van der Waals surface area contributed by atoms with Crippen LogP contribution in [0.3, 0.4) is 0 Å². The van der Waals surface area contributed by atoms with Crippen LogP contribution in [-0.4, -0.2) is 23.4 Å². The molecule has 0 aromatic heterocycles. The molecule has 3 N–H and O–H groups in total. The van der Waals surface area contributed by atoms with E-state index in [1.165, 1.54) is 6.07 Å². The number of nitrogens with two attached hydrogens (primary N) is 1. The second kappa shape index (κ2) is 8.06. The zero-order valence-corrected chi connectivity index (χ0v) is 14.9. The van der Waals surface area contributed by atoms with Gasteiger partial charge in [-0.1, -0.05) is 24.3 Å². The molecule has 0 fully saturated rings. The summed E-state index contributed by atoms with van der Waals surface area (Å²) in [6.45, 7) is -0.618. The van der Waals surface area contributed by atoms with E-state index in [0.717, 1.165) is 22.9 Å². The zero-order chi connectivity index (χ0) is 21.0. The molecule has 0 aliphatic rings. The number of nitrogens with zero attached hydrogens (tertiary/aromatic N) is 2. The molecule has 144 valence electrons. The van der Waals surface area contributed by atoms with E-state index < -0.39 is 23.4 Å². The first-order valence-corrected chi connectivity index (χ1v) is 8.33. The number of carbonyl (C=O) groups excluding carboxylic acids is 2. The van der Waals surface area contributed by atoms with Crippen molar-refractivity contribution in [1.29, 1.82) is 5.26 Å². The van der Waals surface area contributed by atoms with Crippen LogP contribution in [-0.2, 0) is 9.53 Å². The van der Waals surface area contributed by atoms with Gasteiger partial charge in [-0.3, -0.25) is 14.9 Å². The van der Waals surface area contributed by atoms with E-state index in [-0.39, 0.29) is 28.2 Å². The van der Waals surface area contributed by atoms with Gasteiger partial charge in [0.15, 0.2) is 6.61 Å². The maximum Gasteiger partial charge on any atom is 0.340 e. The standard InChI is InChI=1S/C20H14N4O5/c21-10-14-7-15(24(27)28)5-6-18(14)23-19(25)11-29-20(26)16-8-12-3-1-2-4-13(12)9-17(16)22/h1-9H,11,22H2,(H,23,25). The number of nitro groups is 1. The van der Waals surface area contributed by atoms with Crippen molar-refractivity contribution >= 4 is 39.7 Å². The van der Waals surface area contributed by atoms with E-state index in [1.54, 1.807) is 18.2 Å². The fraction of sp³-hybridized carbons (Fsp3) is 0.0500. The number of anilines is 2. The topological polar surface area (TPSA) is 148 Å². The molecule has 0 unspecified atom stereocenters. The molecule has 0 aliphatic heterocycles. The molecule has 0 saturated carbocycles. The number of fused-ring (bicyclic) bond motifs is 1. The summed E-state index contributed by atoms with van der Waals surface area (Å²) in [4.78, 5) is 34.5. The number of esters is 1. The second-order valence-corrected chi connectivity index (χ2v) is 6.01. The molecule has 0 aliphatic carbocycles. The van der Waals surface area contributed by atoms with Crippen molar-refractivity contribution in [2.24, 2.45) is 0 Å². The molecule has 1 amide bonds. The maximum atomic E-state index is 12.3. The van der Waals surface area contributed by atoms with E-state index in [1.807, 2.05) is 24.3 Å². The maximum absolute atomic E-state index is 12.3. The number of nitrogens with one attached hydrogen (secondary N) is 1. The fourth-order valence-electron chi connectivity index (χ4n) is 2.68. The molecule has 3 aromatic rings. The lowest BCUT2D eigenvalue weighted by Gasteiger charge is -2.10. The van der Waals surface area contributed by atoms with Crippen molar-refractivity contribution < 1.29 is 19.2 Å². The average molecular weight is 390 g/mol. The van der Waals surface area contributed by atoms with Gasteiger partial charge in [-0.05, 0) is 29.0 Å². The normalized spacial score (nSPS) is 10.2. The monoisotopic (exact) mass is 390 g/mol. The summed E-state index contributed by atoms with van der Waals surface area (Å²) in [5, 5.41) is 23.9. The van der Waals surface area contributed by atoms with Crippen molar-refractivity contribution in [3.8, 4) is 6.07 Å². The summed E-state index contributed by atoms with van der Waals surface area (Å²) in [6.07, 6.45) is 0. The van der Waals surface area contributed by atoms with Gasteiger partial charge in [0, 0.05) is 17.8 Å². The smallest absolute Gasteiger partial charge is 0.340 e. The molecule has 0 heterocycles. The van der Waals surface area contributed by atoms with Gasteiger partial charge in [-0.15, -0.1) is 0 Å². The molecule has 3 aromatic carbocycles. The van der Waals surface area contributed by atoms with E-state index in [9.17, 15) is 19.7 Å². The Morgan fingerprint density at radius 2 is 1.83 bits per heavy atom. The number of benzene rings is 3. The Morgan fingerprint density at radius 3 is 2.48 bits per heavy atom. The number of nitrogen functional groups attached to an aromatic ring is 1. The molecule has 9 nitrogen and oxygen atoms in total. The van der Waals surface area contributed by atoms with Crippen LogP contribution in [0.1, 0.15) is 15.9 Å². The Hall–Kier alpha value is -4.45. The first-order valence-electron chi connectivity index (χ1n) is 8.33. The van der Waals surface area contributed by atoms with Gasteiger partial charge >= 0.3 is 5.97 Å². The third-order valence-electron chi connectivity index (χ3n) is 4.08. The Balaban J connectivity index is 1.68. The summed E-state index contributed by atoms with van der Waals surface area (Å²) < 4.78 is 5.01. The number of rotatable bonds is 5. The molecule has 0 spiro atoms. The number of nitro benzene ring substituents is 1. The lowest BCUT2D eigenvalue weighted by molar-refractivity contribution is -0.384. The van der Waals surface area contributed by atoms with Crippen LogP contribution >= 0.6 is 0 Å². The second-order valence-electron chi connectivity index (χ2n) is 6.01. The predicted molar refractivity (Wildman–Crippen MR) is 105 cm³/mol. The SMILES string of the molecule is N#Cc1cc([N+](=O)[O-])ccc1NC(=O)COC(=O)c1cc2ccccc2cc1N. The van der Waals surface area contributed by atoms with Crippen molar-refractivity contribution in [3.05, 3.63) is 75.8 Å². The third kappa shape index (κ3) is 4.28. The van der Waals surface area contributed by atoms with Crippen molar-refractivity contribution in [2.45, 2.75) is 0 Å². The molecule has 0 bridgehead atoms. The summed E-state index contributed by atoms with van der Waals surface area (Å²) in [5.41, 5.74) is 5.96. The number of non-ortho nitro benzene ring substituents is 1. The molecular weight excluding hydrogens is 376 g/mol. The minimum Gasteiger partial charge on any atom is -0.452 e. The predicted octanol–water partition coefficient (Wildman–Crippen LogP) is 3.00. The summed E-state index contributed by atoms with van der Waals surface area (Å²) >= 11 is 0. The van der Waals surface area contributed by atoms with E-state index in [2.05, 4.69) is 5.32 Å². The Morgan fingerprint density at radius 1 is 1.14 bits per heavy atom. The van der Waals surface area contributed by atoms with Gasteiger partial charge in [-0.2, -0.15) is 5.26 Å². The molecule has 0 radical (unpaired) electrons. The van der Waals surface area contributed by atoms with Gasteiger partial charge in [0.1, 0.15) is 6.07 Å². The first kappa shape index (κ1) is 19.3. The van der Waals surface area contributed by atoms with Gasteiger partial charge in [-0.25, -0.2) is 4.79 Å². The highest BCUT2D eigenvalue weighted by atomic mass is 16.6. The summed E-state index contributed by atoms with van der Waals surface area (Å²) in [6, 6.07) is 15.7. The fourth-order valence-corrected chi connectivity index (χ4v) is 2.68. The van der Waals surface area contributed by atoms with Crippen molar-refractivity contribution in [1.82, 2.24) is 0 Å². The Kier molecular flexibility index (Phi) is 5.37. The number of nitriles is 1. The van der Waals surface area contributed by atoms with Crippen LogP contribution < -0.4 is 11.1 Å². The minimum absolute atomic E-state index is 0.0735. The highest BCUT2D eigenvalue weighted by molar-refractivity contribution is 6.02. The molecule has 9 heteroatoms. The van der Waals surface area contributed by atoms with Crippen molar-refractivity contribution in [2.75, 3.05) is 17.7 Å². The van der Waals surface area contributed by atoms with Crippen LogP contribution in [0.25, 0.3) is 10.8 Å². The minimum atomic E-state index is -0.771. The summed E-state index contributed by atoms with van der Waals surface area (Å²) in [5.74, 6) is -1.48. The van der Waals surface area contributed by atoms with Gasteiger partial charge < -0.3 is 15.8 Å². The lowest BCUT2D eigenvalue weighted by atomic mass is 10.1. The Labute approximate surface area is 164 Å². The van der Waals surface area contributed by atoms with E-state index in [0.29, 0.717) is 0 Å². The van der Waals surface area contributed by atoms with Crippen LogP contribution in [0.15, 0.2) is 54.6 Å². The van der Waals surface area contributed by atoms with E-state index in [4.69, 9.17) is 15.7 Å². The van der Waals surface area contributed by atoms with Crippen LogP contribution in [0.2, 0.25) is 0 Å². The Bertz CT molecular complexity index is 1180. The van der Waals surface area contributed by atoms with Crippen molar-refractivity contribution in [3.63, 3.8) is 0 Å². The highest BCUT2D eigenvalue weighted by Crippen LogP contribution is 2.23. The van der Waals surface area contributed by atoms with Crippen LogP contribution in [0.5, 0.6) is 0 Å². The number of hydrogen-bond donors (Lipinski definition) is 2. The first-order chi connectivity index (χ1) is 13.9. The third-order valence-corrected chi connectivity index (χ3v) is 4.08. The largest absolute Gasteiger partial charge is 0.452 e. The molecular formula is C20H14N4O5. The quantitative estimate of drug-likeness (QED) is 0.294. The van der Waals surface area contributed by atoms with Gasteiger partial charge in [0.2, 0.25) is 0 Å². The highest BCUT2D eigenvalue weighted by Gasteiger charge is 2.16. The number of carbonyl (C=O) groups is 2. The number of amides is 1. The number of hydrogen-bond acceptors (Lipinski definition) is 7. The lowest BCUT2D eigenvalue weighted by Crippen LogP contribution is -2.21. The molecule has 3 rings (SSSR count). The zero-order valence-electron chi connectivity index (χ0n) is 14.9. The van der Waals surface area contributed by atoms with E-state index >= 15 is 0 Å². The van der Waals surface area contributed by atoms with Crippen LogP contribution in [0.4, 0.5) is 17.1 Å². The van der Waals surface area contributed by atoms with Gasteiger partial charge in [0.05, 0.1) is 21.7 Å². The molecule has 0 saturated heterocycles.